The van der Waals surface area contributed by atoms with E-state index in [0.717, 1.165) is 22.9 Å². The molecule has 1 unspecified atom stereocenters. The molecule has 1 atom stereocenters. The third kappa shape index (κ3) is 3.22. The fourth-order valence-electron chi connectivity index (χ4n) is 2.44. The number of nitrogens with one attached hydrogen (secondary N) is 2. The fourth-order valence-corrected chi connectivity index (χ4v) is 3.97. The van der Waals surface area contributed by atoms with Crippen LogP contribution in [0.25, 0.3) is 10.2 Å². The molecule has 3 rings (SSSR count). The number of hydrogen-bond acceptors (Lipinski definition) is 5. The van der Waals surface area contributed by atoms with E-state index in [0.29, 0.717) is 6.04 Å². The van der Waals surface area contributed by atoms with Crippen LogP contribution in [0.3, 0.4) is 0 Å². The molecule has 0 spiro atoms. The lowest BCUT2D eigenvalue weighted by molar-refractivity contribution is 0.414. The molecule has 1 fully saturated rings. The maximum Gasteiger partial charge on any atom is 0.150 e. The molecular formula is C14H19N3S2. The van der Waals surface area contributed by atoms with Crippen LogP contribution in [0.5, 0.6) is 0 Å². The predicted octanol–water partition coefficient (Wildman–Crippen LogP) is 3.57. The number of nitrogens with zero attached hydrogens (tertiary/aromatic N) is 1. The number of benzene rings is 1. The Kier molecular flexibility index (Phi) is 4.25. The van der Waals surface area contributed by atoms with Gasteiger partial charge in [0.25, 0.3) is 0 Å². The Labute approximate surface area is 122 Å². The second kappa shape index (κ2) is 6.11. The first-order chi connectivity index (χ1) is 9.35. The number of anilines is 1. The van der Waals surface area contributed by atoms with Crippen LogP contribution < -0.4 is 10.6 Å². The summed E-state index contributed by atoms with van der Waals surface area (Å²) in [4.78, 5) is 4.56. The number of hydrogen-bond donors (Lipinski definition) is 2. The van der Waals surface area contributed by atoms with Gasteiger partial charge in [0.1, 0.15) is 0 Å². The predicted molar refractivity (Wildman–Crippen MR) is 85.5 cm³/mol. The zero-order valence-corrected chi connectivity index (χ0v) is 12.7. The van der Waals surface area contributed by atoms with Gasteiger partial charge in [-0.15, -0.1) is 11.3 Å². The molecule has 0 bridgehead atoms. The number of rotatable bonds is 4. The molecule has 19 heavy (non-hydrogen) atoms. The Hall–Kier alpha value is -0.780. The highest BCUT2D eigenvalue weighted by atomic mass is 32.2. The number of fused-ring (bicyclic) bond motifs is 1. The van der Waals surface area contributed by atoms with Crippen molar-refractivity contribution in [3.05, 3.63) is 18.2 Å². The quantitative estimate of drug-likeness (QED) is 0.845. The third-order valence-electron chi connectivity index (χ3n) is 3.51. The van der Waals surface area contributed by atoms with Gasteiger partial charge < -0.3 is 10.6 Å². The van der Waals surface area contributed by atoms with Gasteiger partial charge in [0.05, 0.1) is 10.2 Å². The summed E-state index contributed by atoms with van der Waals surface area (Å²) < 4.78 is 2.41. The molecule has 0 aliphatic carbocycles. The molecule has 1 aromatic carbocycles. The zero-order valence-electron chi connectivity index (χ0n) is 11.1. The van der Waals surface area contributed by atoms with Crippen LogP contribution in [0.4, 0.5) is 5.69 Å². The minimum Gasteiger partial charge on any atom is -0.383 e. The summed E-state index contributed by atoms with van der Waals surface area (Å²) in [6, 6.07) is 7.08. The molecule has 0 amide bonds. The second-order valence-corrected chi connectivity index (χ2v) is 6.98. The smallest absolute Gasteiger partial charge is 0.150 e. The SMILES string of the molecule is CSc1nc2ccc(NCC3CCCCN3)cc2s1. The van der Waals surface area contributed by atoms with E-state index in [9.17, 15) is 0 Å². The summed E-state index contributed by atoms with van der Waals surface area (Å²) in [7, 11) is 0. The van der Waals surface area contributed by atoms with Crippen LogP contribution >= 0.6 is 23.1 Å². The summed E-state index contributed by atoms with van der Waals surface area (Å²) in [5.41, 5.74) is 2.31. The van der Waals surface area contributed by atoms with Crippen molar-refractivity contribution in [2.24, 2.45) is 0 Å². The maximum absolute atomic E-state index is 4.56. The standard InChI is InChI=1S/C14H19N3S2/c1-18-14-17-12-6-5-10(8-13(12)19-14)16-9-11-4-2-3-7-15-11/h5-6,8,11,15-16H,2-4,7,9H2,1H3. The largest absolute Gasteiger partial charge is 0.383 e. The highest BCUT2D eigenvalue weighted by molar-refractivity contribution is 8.00. The average molecular weight is 293 g/mol. The van der Waals surface area contributed by atoms with Gasteiger partial charge in [-0.2, -0.15) is 0 Å². The normalized spacial score (nSPS) is 19.7. The van der Waals surface area contributed by atoms with Gasteiger partial charge >= 0.3 is 0 Å². The minimum absolute atomic E-state index is 0.618. The highest BCUT2D eigenvalue weighted by Crippen LogP contribution is 2.29. The highest BCUT2D eigenvalue weighted by Gasteiger charge is 2.12. The van der Waals surface area contributed by atoms with Crippen molar-refractivity contribution < 1.29 is 0 Å². The first kappa shape index (κ1) is 13.2. The summed E-state index contributed by atoms with van der Waals surface area (Å²) in [5.74, 6) is 0. The molecule has 3 nitrogen and oxygen atoms in total. The van der Waals surface area contributed by atoms with Crippen molar-refractivity contribution in [2.75, 3.05) is 24.7 Å². The average Bonchev–Trinajstić information content (AvgIpc) is 2.88. The van der Waals surface area contributed by atoms with Crippen LogP contribution in [-0.2, 0) is 0 Å². The lowest BCUT2D eigenvalue weighted by Crippen LogP contribution is -2.39. The van der Waals surface area contributed by atoms with Crippen LogP contribution in [0.2, 0.25) is 0 Å². The molecule has 1 aromatic heterocycles. The van der Waals surface area contributed by atoms with Crippen molar-refractivity contribution in [1.29, 1.82) is 0 Å². The first-order valence-corrected chi connectivity index (χ1v) is 8.81. The minimum atomic E-state index is 0.618. The Balaban J connectivity index is 1.66. The Bertz CT molecular complexity index is 547. The van der Waals surface area contributed by atoms with Crippen LogP contribution in [0, 0.1) is 0 Å². The van der Waals surface area contributed by atoms with Gasteiger partial charge in [-0.05, 0) is 43.8 Å². The summed E-state index contributed by atoms with van der Waals surface area (Å²) in [6.07, 6.45) is 6.03. The Morgan fingerprint density at radius 2 is 2.42 bits per heavy atom. The molecule has 2 aromatic rings. The van der Waals surface area contributed by atoms with E-state index in [-0.39, 0.29) is 0 Å². The number of piperidine rings is 1. The van der Waals surface area contributed by atoms with Crippen molar-refractivity contribution in [3.8, 4) is 0 Å². The molecule has 0 saturated carbocycles. The third-order valence-corrected chi connectivity index (χ3v) is 5.51. The monoisotopic (exact) mass is 293 g/mol. The molecule has 5 heteroatoms. The van der Waals surface area contributed by atoms with E-state index < -0.39 is 0 Å². The maximum atomic E-state index is 4.56. The lowest BCUT2D eigenvalue weighted by Gasteiger charge is -2.24. The lowest BCUT2D eigenvalue weighted by atomic mass is 10.1. The molecule has 2 heterocycles. The van der Waals surface area contributed by atoms with E-state index >= 15 is 0 Å². The Morgan fingerprint density at radius 3 is 3.21 bits per heavy atom. The number of thioether (sulfide) groups is 1. The van der Waals surface area contributed by atoms with Gasteiger partial charge in [-0.25, -0.2) is 4.98 Å². The second-order valence-electron chi connectivity index (χ2n) is 4.89. The van der Waals surface area contributed by atoms with Gasteiger partial charge in [-0.3, -0.25) is 0 Å². The topological polar surface area (TPSA) is 37.0 Å². The van der Waals surface area contributed by atoms with E-state index in [1.165, 1.54) is 29.6 Å². The fraction of sp³-hybridized carbons (Fsp3) is 0.500. The molecule has 1 aliphatic heterocycles. The van der Waals surface area contributed by atoms with Gasteiger partial charge in [0.15, 0.2) is 4.34 Å². The number of thiazole rings is 1. The van der Waals surface area contributed by atoms with Crippen molar-refractivity contribution in [3.63, 3.8) is 0 Å². The summed E-state index contributed by atoms with van der Waals surface area (Å²) >= 11 is 3.48. The van der Waals surface area contributed by atoms with Crippen LogP contribution in [0.15, 0.2) is 22.5 Å². The molecule has 1 aliphatic rings. The van der Waals surface area contributed by atoms with Gasteiger partial charge in [0, 0.05) is 18.3 Å². The van der Waals surface area contributed by atoms with Crippen LogP contribution in [0.1, 0.15) is 19.3 Å². The molecule has 102 valence electrons. The first-order valence-electron chi connectivity index (χ1n) is 6.77. The summed E-state index contributed by atoms with van der Waals surface area (Å²) in [5, 5.41) is 7.11. The summed E-state index contributed by atoms with van der Waals surface area (Å²) in [6.45, 7) is 2.18. The molecule has 0 radical (unpaired) electrons. The van der Waals surface area contributed by atoms with Crippen molar-refractivity contribution >= 4 is 39.0 Å². The molecule has 1 saturated heterocycles. The van der Waals surface area contributed by atoms with E-state index in [2.05, 4.69) is 40.1 Å². The number of aromatic nitrogens is 1. The van der Waals surface area contributed by atoms with Gasteiger partial charge in [0.2, 0.25) is 0 Å². The van der Waals surface area contributed by atoms with E-state index in [1.54, 1.807) is 23.1 Å². The van der Waals surface area contributed by atoms with Crippen molar-refractivity contribution in [1.82, 2.24) is 10.3 Å². The van der Waals surface area contributed by atoms with Crippen molar-refractivity contribution in [2.45, 2.75) is 29.6 Å². The van der Waals surface area contributed by atoms with E-state index in [4.69, 9.17) is 0 Å². The zero-order chi connectivity index (χ0) is 13.1. The molecule has 2 N–H and O–H groups in total. The Morgan fingerprint density at radius 1 is 1.47 bits per heavy atom. The van der Waals surface area contributed by atoms with Gasteiger partial charge in [-0.1, -0.05) is 18.2 Å². The van der Waals surface area contributed by atoms with E-state index in [1.807, 2.05) is 0 Å². The molecular weight excluding hydrogens is 274 g/mol. The van der Waals surface area contributed by atoms with Crippen LogP contribution in [-0.4, -0.2) is 30.4 Å².